The molecule has 0 amide bonds. The summed E-state index contributed by atoms with van der Waals surface area (Å²) in [5, 5.41) is 6.64. The molecule has 0 N–H and O–H groups in total. The fourth-order valence-corrected chi connectivity index (χ4v) is 6.12. The van der Waals surface area contributed by atoms with Gasteiger partial charge in [-0.05, 0) is 28.4 Å². The minimum absolute atomic E-state index is 0.0385. The van der Waals surface area contributed by atoms with Crippen molar-refractivity contribution in [1.29, 1.82) is 0 Å². The quantitative estimate of drug-likeness (QED) is 0.618. The van der Waals surface area contributed by atoms with Crippen molar-refractivity contribution < 1.29 is 4.79 Å². The Morgan fingerprint density at radius 1 is 1.05 bits per heavy atom. The smallest absolute Gasteiger partial charge is 0.200 e. The molecule has 0 spiro atoms. The van der Waals surface area contributed by atoms with Crippen LogP contribution in [-0.4, -0.2) is 5.78 Å². The van der Waals surface area contributed by atoms with Crippen molar-refractivity contribution in [2.75, 3.05) is 0 Å². The molecule has 2 aliphatic rings. The molecule has 0 saturated carbocycles. The molecule has 0 aliphatic carbocycles. The fraction of sp³-hybridized carbons (Fsp3) is 0. The van der Waals surface area contributed by atoms with Gasteiger partial charge in [-0.3, -0.25) is 4.79 Å². The number of allylic oxidation sites excluding steroid dienone is 1. The summed E-state index contributed by atoms with van der Waals surface area (Å²) in [7, 11) is 0. The Labute approximate surface area is 133 Å². The van der Waals surface area contributed by atoms with Crippen LogP contribution >= 0.6 is 58.6 Å². The molecule has 0 unspecified atom stereocenters. The van der Waals surface area contributed by atoms with E-state index in [2.05, 4.69) is 10.8 Å². The molecule has 1 aromatic rings. The van der Waals surface area contributed by atoms with Gasteiger partial charge >= 0.3 is 0 Å². The Morgan fingerprint density at radius 2 is 1.84 bits per heavy atom. The number of hydrogen-bond acceptors (Lipinski definition) is 5. The molecule has 0 radical (unpaired) electrons. The summed E-state index contributed by atoms with van der Waals surface area (Å²) in [6.07, 6.45) is 0. The second-order valence-corrected chi connectivity index (χ2v) is 8.34. The summed E-state index contributed by atoms with van der Waals surface area (Å²) in [5.74, 6) is 0.0385. The zero-order valence-electron chi connectivity index (χ0n) is 9.46. The van der Waals surface area contributed by atoms with Crippen LogP contribution < -0.4 is 0 Å². The van der Waals surface area contributed by atoms with Crippen LogP contribution in [0.25, 0.3) is 0 Å². The molecule has 96 valence electrons. The topological polar surface area (TPSA) is 17.1 Å². The molecule has 6 heteroatoms. The zero-order valence-corrected chi connectivity index (χ0v) is 13.5. The Morgan fingerprint density at radius 3 is 2.58 bits per heavy atom. The van der Waals surface area contributed by atoms with Crippen molar-refractivity contribution in [3.05, 3.63) is 64.5 Å². The second-order valence-electron chi connectivity index (χ2n) is 3.62. The number of carbonyl (C=O) groups is 1. The first-order valence-corrected chi connectivity index (χ1v) is 9.15. The SMILES string of the molecule is O=C(C1=CSC(=C2SC=CS2)S1)c1cccc(Cl)c1. The summed E-state index contributed by atoms with van der Waals surface area (Å²) in [6.45, 7) is 0. The summed E-state index contributed by atoms with van der Waals surface area (Å²) in [4.78, 5) is 13.1. The van der Waals surface area contributed by atoms with E-state index in [1.165, 1.54) is 8.47 Å². The molecule has 0 atom stereocenters. The van der Waals surface area contributed by atoms with E-state index >= 15 is 0 Å². The number of thioether (sulfide) groups is 4. The molecule has 1 nitrogen and oxygen atoms in total. The summed E-state index contributed by atoms with van der Waals surface area (Å²) < 4.78 is 2.44. The zero-order chi connectivity index (χ0) is 13.2. The van der Waals surface area contributed by atoms with E-state index in [9.17, 15) is 4.79 Å². The average molecular weight is 343 g/mol. The summed E-state index contributed by atoms with van der Waals surface area (Å²) in [5.41, 5.74) is 0.642. The van der Waals surface area contributed by atoms with Gasteiger partial charge in [-0.25, -0.2) is 0 Å². The van der Waals surface area contributed by atoms with Gasteiger partial charge in [0.05, 0.1) is 13.4 Å². The van der Waals surface area contributed by atoms with E-state index in [1.54, 1.807) is 71.3 Å². The third-order valence-corrected chi connectivity index (χ3v) is 7.61. The van der Waals surface area contributed by atoms with Gasteiger partial charge in [0, 0.05) is 10.6 Å². The lowest BCUT2D eigenvalue weighted by Crippen LogP contribution is -1.98. The van der Waals surface area contributed by atoms with E-state index in [4.69, 9.17) is 11.6 Å². The van der Waals surface area contributed by atoms with Gasteiger partial charge in [-0.2, -0.15) is 0 Å². The maximum atomic E-state index is 12.3. The standard InChI is InChI=1S/C13H7ClOS4/c14-9-3-1-2-8(6-9)11(15)10-7-18-13(19-10)12-16-4-5-17-12/h1-7H. The number of ketones is 1. The molecule has 1 aromatic carbocycles. The van der Waals surface area contributed by atoms with Gasteiger partial charge in [0.25, 0.3) is 0 Å². The van der Waals surface area contributed by atoms with Crippen LogP contribution in [0.4, 0.5) is 0 Å². The Hall–Kier alpha value is -0.200. The van der Waals surface area contributed by atoms with Crippen LogP contribution in [0.2, 0.25) is 5.02 Å². The minimum atomic E-state index is 0.0385. The first-order valence-electron chi connectivity index (χ1n) is 5.31. The van der Waals surface area contributed by atoms with Crippen molar-refractivity contribution in [3.63, 3.8) is 0 Å². The Balaban J connectivity index is 1.78. The highest BCUT2D eigenvalue weighted by atomic mass is 35.5. The predicted molar refractivity (Wildman–Crippen MR) is 90.4 cm³/mol. The molecule has 2 aliphatic heterocycles. The fourth-order valence-electron chi connectivity index (χ4n) is 1.52. The van der Waals surface area contributed by atoms with Crippen molar-refractivity contribution in [3.8, 4) is 0 Å². The molecule has 0 saturated heterocycles. The number of Topliss-reactive ketones (excluding diaryl/α,β-unsaturated/α-hetero) is 1. The molecule has 3 rings (SSSR count). The van der Waals surface area contributed by atoms with E-state index in [0.29, 0.717) is 10.6 Å². The van der Waals surface area contributed by atoms with E-state index in [-0.39, 0.29) is 5.78 Å². The molecular formula is C13H7ClOS4. The molecular weight excluding hydrogens is 336 g/mol. The number of benzene rings is 1. The van der Waals surface area contributed by atoms with Crippen LogP contribution in [0.15, 0.2) is 53.9 Å². The van der Waals surface area contributed by atoms with Gasteiger partial charge in [0.2, 0.25) is 0 Å². The average Bonchev–Trinajstić information content (AvgIpc) is 3.08. The van der Waals surface area contributed by atoms with Gasteiger partial charge < -0.3 is 0 Å². The third-order valence-electron chi connectivity index (χ3n) is 2.36. The Bertz CT molecular complexity index is 623. The third kappa shape index (κ3) is 3.11. The lowest BCUT2D eigenvalue weighted by Gasteiger charge is -2.03. The number of hydrogen-bond donors (Lipinski definition) is 0. The largest absolute Gasteiger partial charge is 0.288 e. The minimum Gasteiger partial charge on any atom is -0.288 e. The van der Waals surface area contributed by atoms with Crippen LogP contribution in [0.1, 0.15) is 10.4 Å². The van der Waals surface area contributed by atoms with Crippen molar-refractivity contribution >= 4 is 64.4 Å². The van der Waals surface area contributed by atoms with Crippen LogP contribution in [0, 0.1) is 0 Å². The highest BCUT2D eigenvalue weighted by Crippen LogP contribution is 2.53. The molecule has 0 aromatic heterocycles. The number of carbonyl (C=O) groups excluding carboxylic acids is 1. The lowest BCUT2D eigenvalue weighted by atomic mass is 10.1. The molecule has 0 fully saturated rings. The van der Waals surface area contributed by atoms with Gasteiger partial charge in [-0.1, -0.05) is 70.8 Å². The van der Waals surface area contributed by atoms with Crippen molar-refractivity contribution in [2.45, 2.75) is 0 Å². The monoisotopic (exact) mass is 342 g/mol. The normalized spacial score (nSPS) is 18.1. The van der Waals surface area contributed by atoms with Crippen LogP contribution in [0.5, 0.6) is 0 Å². The summed E-state index contributed by atoms with van der Waals surface area (Å²) in [6, 6.07) is 7.08. The second kappa shape index (κ2) is 6.06. The molecule has 19 heavy (non-hydrogen) atoms. The number of rotatable bonds is 2. The van der Waals surface area contributed by atoms with Gasteiger partial charge in [0.15, 0.2) is 5.78 Å². The van der Waals surface area contributed by atoms with E-state index in [0.717, 1.165) is 4.91 Å². The molecule has 2 heterocycles. The van der Waals surface area contributed by atoms with E-state index in [1.807, 2.05) is 5.41 Å². The molecule has 0 bridgehead atoms. The predicted octanol–water partition coefficient (Wildman–Crippen LogP) is 5.92. The highest BCUT2D eigenvalue weighted by molar-refractivity contribution is 8.33. The maximum absolute atomic E-state index is 12.3. The number of halogens is 1. The Kier molecular flexibility index (Phi) is 4.39. The van der Waals surface area contributed by atoms with Crippen molar-refractivity contribution in [1.82, 2.24) is 0 Å². The van der Waals surface area contributed by atoms with E-state index < -0.39 is 0 Å². The van der Waals surface area contributed by atoms with Crippen molar-refractivity contribution in [2.24, 2.45) is 0 Å². The maximum Gasteiger partial charge on any atom is 0.200 e. The summed E-state index contributed by atoms with van der Waals surface area (Å²) >= 11 is 12.5. The van der Waals surface area contributed by atoms with Gasteiger partial charge in [-0.15, -0.1) is 0 Å². The lowest BCUT2D eigenvalue weighted by molar-refractivity contribution is 0.104. The first kappa shape index (κ1) is 13.8. The van der Waals surface area contributed by atoms with Gasteiger partial charge in [0.1, 0.15) is 0 Å². The highest BCUT2D eigenvalue weighted by Gasteiger charge is 2.23. The van der Waals surface area contributed by atoms with Crippen LogP contribution in [-0.2, 0) is 0 Å². The first-order chi connectivity index (χ1) is 9.24. The van der Waals surface area contributed by atoms with Crippen LogP contribution in [0.3, 0.4) is 0 Å².